The van der Waals surface area contributed by atoms with Gasteiger partial charge in [-0.3, -0.25) is 4.90 Å². The Kier molecular flexibility index (Phi) is 8.78. The molecule has 0 amide bonds. The van der Waals surface area contributed by atoms with E-state index in [0.717, 1.165) is 43.0 Å². The number of benzene rings is 2. The van der Waals surface area contributed by atoms with Gasteiger partial charge < -0.3 is 14.6 Å². The maximum Gasteiger partial charge on any atom is 0.122 e. The maximum atomic E-state index is 9.58. The summed E-state index contributed by atoms with van der Waals surface area (Å²) in [5.41, 5.74) is 3.60. The van der Waals surface area contributed by atoms with Crippen molar-refractivity contribution in [2.24, 2.45) is 0 Å². The SMILES string of the molecule is COc1ccc(OC)c(C[C@H](CCN(CCO)Cc2ccccc2)c2cc#ccc2)c1. The molecule has 0 aliphatic carbocycles. The summed E-state index contributed by atoms with van der Waals surface area (Å²) in [5.74, 6) is 1.98. The molecule has 3 aromatic rings. The second kappa shape index (κ2) is 12.0. The fourth-order valence-corrected chi connectivity index (χ4v) is 3.90. The Hall–Kier alpha value is -3.00. The molecule has 3 aromatic carbocycles. The van der Waals surface area contributed by atoms with E-state index in [1.54, 1.807) is 14.2 Å². The van der Waals surface area contributed by atoms with E-state index in [4.69, 9.17) is 9.47 Å². The predicted octanol–water partition coefficient (Wildman–Crippen LogP) is 4.52. The minimum absolute atomic E-state index is 0.148. The number of rotatable bonds is 12. The van der Waals surface area contributed by atoms with Gasteiger partial charge in [0.1, 0.15) is 11.5 Å². The molecule has 31 heavy (non-hydrogen) atoms. The molecule has 0 unspecified atom stereocenters. The molecule has 0 aliphatic heterocycles. The van der Waals surface area contributed by atoms with E-state index >= 15 is 0 Å². The molecule has 0 spiro atoms. The zero-order valence-electron chi connectivity index (χ0n) is 18.4. The zero-order chi connectivity index (χ0) is 21.9. The number of aliphatic hydroxyl groups excluding tert-OH is 1. The highest BCUT2D eigenvalue weighted by Crippen LogP contribution is 2.31. The molecule has 0 aromatic heterocycles. The highest BCUT2D eigenvalue weighted by atomic mass is 16.5. The Morgan fingerprint density at radius 1 is 0.968 bits per heavy atom. The van der Waals surface area contributed by atoms with E-state index in [9.17, 15) is 5.11 Å². The topological polar surface area (TPSA) is 41.9 Å². The molecule has 0 bridgehead atoms. The third-order valence-electron chi connectivity index (χ3n) is 5.57. The van der Waals surface area contributed by atoms with Crippen LogP contribution in [0.25, 0.3) is 0 Å². The van der Waals surface area contributed by atoms with Gasteiger partial charge in [0.25, 0.3) is 0 Å². The van der Waals surface area contributed by atoms with Crippen molar-refractivity contribution in [3.05, 3.63) is 95.6 Å². The van der Waals surface area contributed by atoms with Gasteiger partial charge in [-0.15, -0.1) is 0 Å². The van der Waals surface area contributed by atoms with Crippen LogP contribution >= 0.6 is 0 Å². The first-order valence-electron chi connectivity index (χ1n) is 10.7. The monoisotopic (exact) mass is 417 g/mol. The average molecular weight is 418 g/mol. The lowest BCUT2D eigenvalue weighted by atomic mass is 9.89. The van der Waals surface area contributed by atoms with Gasteiger partial charge >= 0.3 is 0 Å². The Bertz CT molecular complexity index is 899. The molecule has 0 saturated carbocycles. The van der Waals surface area contributed by atoms with Gasteiger partial charge in [-0.05, 0) is 78.4 Å². The van der Waals surface area contributed by atoms with E-state index in [1.807, 2.05) is 30.3 Å². The second-order valence-electron chi connectivity index (χ2n) is 7.62. The standard InChI is InChI=1S/C27H31NO3/c1-30-26-13-14-27(31-2)25(20-26)19-24(23-11-7-4-8-12-23)15-16-28(17-18-29)21-22-9-5-3-6-10-22/h3,5-7,9-14,20,24,29H,15-19,21H2,1-2H3/t24-/m0/s1. The van der Waals surface area contributed by atoms with Crippen LogP contribution in [-0.4, -0.2) is 43.9 Å². The largest absolute Gasteiger partial charge is 0.497 e. The highest BCUT2D eigenvalue weighted by molar-refractivity contribution is 5.41. The fraction of sp³-hybridized carbons (Fsp3) is 0.333. The van der Waals surface area contributed by atoms with Crippen LogP contribution in [0.2, 0.25) is 0 Å². The first-order valence-corrected chi connectivity index (χ1v) is 10.7. The Morgan fingerprint density at radius 2 is 1.81 bits per heavy atom. The Morgan fingerprint density at radius 3 is 2.48 bits per heavy atom. The molecule has 0 saturated heterocycles. The van der Waals surface area contributed by atoms with Crippen molar-refractivity contribution in [3.63, 3.8) is 0 Å². The van der Waals surface area contributed by atoms with Crippen molar-refractivity contribution in [2.45, 2.75) is 25.3 Å². The van der Waals surface area contributed by atoms with Crippen molar-refractivity contribution >= 4 is 0 Å². The molecular weight excluding hydrogens is 386 g/mol. The van der Waals surface area contributed by atoms with Gasteiger partial charge in [-0.2, -0.15) is 0 Å². The van der Waals surface area contributed by atoms with Crippen LogP contribution in [0.3, 0.4) is 0 Å². The maximum absolute atomic E-state index is 9.58. The van der Waals surface area contributed by atoms with E-state index in [0.29, 0.717) is 6.54 Å². The lowest BCUT2D eigenvalue weighted by molar-refractivity contribution is 0.185. The molecule has 1 atom stereocenters. The van der Waals surface area contributed by atoms with Crippen molar-refractivity contribution in [2.75, 3.05) is 33.9 Å². The lowest BCUT2D eigenvalue weighted by Gasteiger charge is -2.25. The lowest BCUT2D eigenvalue weighted by Crippen LogP contribution is -2.29. The second-order valence-corrected chi connectivity index (χ2v) is 7.62. The van der Waals surface area contributed by atoms with Crippen LogP contribution in [0.5, 0.6) is 11.5 Å². The van der Waals surface area contributed by atoms with Crippen LogP contribution < -0.4 is 9.47 Å². The average Bonchev–Trinajstić information content (AvgIpc) is 2.82. The molecule has 3 rings (SSSR count). The van der Waals surface area contributed by atoms with Gasteiger partial charge in [0, 0.05) is 13.1 Å². The molecule has 4 nitrogen and oxygen atoms in total. The zero-order valence-corrected chi connectivity index (χ0v) is 18.4. The van der Waals surface area contributed by atoms with Gasteiger partial charge in [0.05, 0.1) is 20.8 Å². The van der Waals surface area contributed by atoms with Crippen LogP contribution in [0, 0.1) is 12.1 Å². The number of hydrogen-bond acceptors (Lipinski definition) is 4. The van der Waals surface area contributed by atoms with Crippen LogP contribution in [0.1, 0.15) is 29.0 Å². The van der Waals surface area contributed by atoms with E-state index in [-0.39, 0.29) is 12.5 Å². The summed E-state index contributed by atoms with van der Waals surface area (Å²) in [7, 11) is 3.38. The fourth-order valence-electron chi connectivity index (χ4n) is 3.90. The van der Waals surface area contributed by atoms with Gasteiger partial charge in [0.2, 0.25) is 0 Å². The number of aliphatic hydroxyl groups is 1. The van der Waals surface area contributed by atoms with Crippen LogP contribution in [-0.2, 0) is 13.0 Å². The highest BCUT2D eigenvalue weighted by Gasteiger charge is 2.18. The van der Waals surface area contributed by atoms with Crippen molar-refractivity contribution in [3.8, 4) is 11.5 Å². The van der Waals surface area contributed by atoms with Crippen molar-refractivity contribution in [1.29, 1.82) is 0 Å². The number of methoxy groups -OCH3 is 2. The van der Waals surface area contributed by atoms with Gasteiger partial charge in [-0.1, -0.05) is 42.5 Å². The molecular formula is C27H31NO3. The number of nitrogens with zero attached hydrogens (tertiary/aromatic N) is 1. The summed E-state index contributed by atoms with van der Waals surface area (Å²) in [4.78, 5) is 2.31. The number of hydrogen-bond donors (Lipinski definition) is 1. The first-order chi connectivity index (χ1) is 15.2. The van der Waals surface area contributed by atoms with Gasteiger partial charge in [0.15, 0.2) is 0 Å². The quantitative estimate of drug-likeness (QED) is 0.471. The Labute approximate surface area is 186 Å². The summed E-state index contributed by atoms with van der Waals surface area (Å²) < 4.78 is 11.0. The normalized spacial score (nSPS) is 11.7. The molecule has 0 aliphatic rings. The molecule has 4 heteroatoms. The minimum Gasteiger partial charge on any atom is -0.497 e. The van der Waals surface area contributed by atoms with E-state index in [2.05, 4.69) is 53.4 Å². The number of ether oxygens (including phenoxy) is 2. The Balaban J connectivity index is 1.78. The van der Waals surface area contributed by atoms with Gasteiger partial charge in [-0.25, -0.2) is 0 Å². The third kappa shape index (κ3) is 6.75. The molecule has 162 valence electrons. The third-order valence-corrected chi connectivity index (χ3v) is 5.57. The summed E-state index contributed by atoms with van der Waals surface area (Å²) in [5, 5.41) is 9.58. The summed E-state index contributed by atoms with van der Waals surface area (Å²) in [6.07, 6.45) is 1.78. The summed E-state index contributed by atoms with van der Waals surface area (Å²) >= 11 is 0. The van der Waals surface area contributed by atoms with Crippen LogP contribution in [0.15, 0.2) is 66.7 Å². The van der Waals surface area contributed by atoms with Crippen LogP contribution in [0.4, 0.5) is 0 Å². The molecule has 0 fully saturated rings. The van der Waals surface area contributed by atoms with E-state index in [1.165, 1.54) is 11.1 Å². The molecule has 0 heterocycles. The van der Waals surface area contributed by atoms with Crippen molar-refractivity contribution < 1.29 is 14.6 Å². The predicted molar refractivity (Wildman–Crippen MR) is 124 cm³/mol. The smallest absolute Gasteiger partial charge is 0.122 e. The summed E-state index contributed by atoms with van der Waals surface area (Å²) in [6, 6.07) is 28.5. The molecule has 1 N–H and O–H groups in total. The summed E-state index contributed by atoms with van der Waals surface area (Å²) in [6.45, 7) is 2.50. The molecule has 0 radical (unpaired) electrons. The van der Waals surface area contributed by atoms with Crippen molar-refractivity contribution in [1.82, 2.24) is 4.90 Å². The minimum atomic E-state index is 0.148. The first kappa shape index (κ1) is 22.7. The van der Waals surface area contributed by atoms with E-state index < -0.39 is 0 Å².